The molecule has 1 N–H and O–H groups in total. The van der Waals surface area contributed by atoms with Crippen LogP contribution in [0.15, 0.2) is 42.5 Å². The van der Waals surface area contributed by atoms with Crippen LogP contribution in [0.4, 0.5) is 5.95 Å². The number of nitrogens with zero attached hydrogens (tertiary/aromatic N) is 2. The first-order chi connectivity index (χ1) is 11.8. The van der Waals surface area contributed by atoms with Crippen molar-refractivity contribution in [2.45, 2.75) is 25.0 Å². The Morgan fingerprint density at radius 1 is 1.08 bits per heavy atom. The van der Waals surface area contributed by atoms with E-state index in [2.05, 4.69) is 34.1 Å². The average Bonchev–Trinajstić information content (AvgIpc) is 3.20. The predicted octanol–water partition coefficient (Wildman–Crippen LogP) is 4.24. The van der Waals surface area contributed by atoms with Crippen LogP contribution < -0.4 is 4.90 Å². The van der Waals surface area contributed by atoms with Gasteiger partial charge < -0.3 is 14.6 Å². The van der Waals surface area contributed by atoms with Crippen LogP contribution in [-0.2, 0) is 16.9 Å². The van der Waals surface area contributed by atoms with E-state index in [1.807, 2.05) is 18.2 Å². The summed E-state index contributed by atoms with van der Waals surface area (Å²) in [5, 5.41) is 0.691. The third-order valence-electron chi connectivity index (χ3n) is 5.33. The molecule has 0 atom stereocenters. The quantitative estimate of drug-likeness (QED) is 0.721. The Morgan fingerprint density at radius 2 is 1.92 bits per heavy atom. The lowest BCUT2D eigenvalue weighted by Gasteiger charge is -2.39. The zero-order chi connectivity index (χ0) is 16.1. The molecule has 2 aliphatic heterocycles. The van der Waals surface area contributed by atoms with Crippen LogP contribution in [0.5, 0.6) is 0 Å². The van der Waals surface area contributed by atoms with Crippen molar-refractivity contribution in [2.75, 3.05) is 18.0 Å². The van der Waals surface area contributed by atoms with Gasteiger partial charge in [0.25, 0.3) is 0 Å². The molecule has 5 rings (SSSR count). The van der Waals surface area contributed by atoms with Crippen molar-refractivity contribution in [3.05, 3.63) is 58.6 Å². The summed E-state index contributed by atoms with van der Waals surface area (Å²) in [6.07, 6.45) is 1.96. The fourth-order valence-corrected chi connectivity index (χ4v) is 4.23. The van der Waals surface area contributed by atoms with Gasteiger partial charge >= 0.3 is 0 Å². The van der Waals surface area contributed by atoms with Crippen LogP contribution in [0.3, 0.4) is 0 Å². The Labute approximate surface area is 145 Å². The van der Waals surface area contributed by atoms with Crippen molar-refractivity contribution in [3.8, 4) is 0 Å². The molecule has 0 saturated carbocycles. The fourth-order valence-electron chi connectivity index (χ4n) is 4.01. The fraction of sp³-hybridized carbons (Fsp3) is 0.316. The number of nitrogens with one attached hydrogen (secondary N) is 1. The lowest BCUT2D eigenvalue weighted by atomic mass is 9.84. The Hall–Kier alpha value is -2.04. The zero-order valence-corrected chi connectivity index (χ0v) is 14.0. The standard InChI is InChI=1S/C19H18ClN3O/c20-15-6-3-7-16-17(15)22-18(21-16)23-10-8-19(9-11-23)14-5-2-1-4-13(14)12-24-19/h1-7H,8-12H2,(H,21,22). The van der Waals surface area contributed by atoms with Gasteiger partial charge in [-0.05, 0) is 36.1 Å². The molecule has 0 bridgehead atoms. The second-order valence-corrected chi connectivity index (χ2v) is 7.03. The number of benzene rings is 2. The number of piperidine rings is 1. The van der Waals surface area contributed by atoms with E-state index in [0.717, 1.165) is 49.5 Å². The van der Waals surface area contributed by atoms with Crippen molar-refractivity contribution in [2.24, 2.45) is 0 Å². The molecule has 5 heteroatoms. The normalized spacial score (nSPS) is 19.1. The Balaban J connectivity index is 1.41. The lowest BCUT2D eigenvalue weighted by molar-refractivity contribution is -0.0552. The van der Waals surface area contributed by atoms with Gasteiger partial charge in [-0.15, -0.1) is 0 Å². The molecule has 1 saturated heterocycles. The number of hydrogen-bond donors (Lipinski definition) is 1. The summed E-state index contributed by atoms with van der Waals surface area (Å²) in [4.78, 5) is 10.4. The first-order valence-electron chi connectivity index (χ1n) is 8.37. The molecule has 24 heavy (non-hydrogen) atoms. The van der Waals surface area contributed by atoms with Crippen molar-refractivity contribution < 1.29 is 4.74 Å². The number of para-hydroxylation sites is 1. The van der Waals surface area contributed by atoms with E-state index in [9.17, 15) is 0 Å². The molecule has 0 unspecified atom stereocenters. The number of ether oxygens (including phenoxy) is 1. The van der Waals surface area contributed by atoms with Crippen molar-refractivity contribution in [3.63, 3.8) is 0 Å². The zero-order valence-electron chi connectivity index (χ0n) is 13.3. The first kappa shape index (κ1) is 14.3. The monoisotopic (exact) mass is 339 g/mol. The summed E-state index contributed by atoms with van der Waals surface area (Å²) >= 11 is 6.24. The van der Waals surface area contributed by atoms with Crippen LogP contribution in [0.2, 0.25) is 5.02 Å². The molecular formula is C19H18ClN3O. The highest BCUT2D eigenvalue weighted by molar-refractivity contribution is 6.34. The maximum atomic E-state index is 6.24. The van der Waals surface area contributed by atoms with Gasteiger partial charge in [0.1, 0.15) is 5.52 Å². The molecule has 3 heterocycles. The number of aromatic nitrogens is 2. The predicted molar refractivity (Wildman–Crippen MR) is 95.5 cm³/mol. The van der Waals surface area contributed by atoms with E-state index in [-0.39, 0.29) is 5.60 Å². The maximum absolute atomic E-state index is 6.24. The van der Waals surface area contributed by atoms with Gasteiger partial charge in [-0.1, -0.05) is 41.9 Å². The molecular weight excluding hydrogens is 322 g/mol. The highest BCUT2D eigenvalue weighted by Gasteiger charge is 2.42. The van der Waals surface area contributed by atoms with E-state index in [1.165, 1.54) is 11.1 Å². The molecule has 4 nitrogen and oxygen atoms in total. The second kappa shape index (κ2) is 5.23. The highest BCUT2D eigenvalue weighted by atomic mass is 35.5. The van der Waals surface area contributed by atoms with Gasteiger partial charge in [0.2, 0.25) is 5.95 Å². The molecule has 2 aliphatic rings. The molecule has 122 valence electrons. The number of halogens is 1. The molecule has 0 amide bonds. The minimum atomic E-state index is -0.114. The molecule has 1 spiro atoms. The average molecular weight is 340 g/mol. The molecule has 2 aromatic carbocycles. The van der Waals surface area contributed by atoms with E-state index in [0.29, 0.717) is 5.02 Å². The van der Waals surface area contributed by atoms with Crippen molar-refractivity contribution >= 4 is 28.6 Å². The minimum Gasteiger partial charge on any atom is -0.365 e. The summed E-state index contributed by atoms with van der Waals surface area (Å²) < 4.78 is 6.24. The Bertz CT molecular complexity index is 912. The summed E-state index contributed by atoms with van der Waals surface area (Å²) in [6.45, 7) is 2.58. The number of hydrogen-bond acceptors (Lipinski definition) is 3. The van der Waals surface area contributed by atoms with Gasteiger partial charge in [-0.3, -0.25) is 0 Å². The van der Waals surface area contributed by atoms with Gasteiger partial charge in [0, 0.05) is 13.1 Å². The van der Waals surface area contributed by atoms with Gasteiger partial charge in [-0.25, -0.2) is 4.98 Å². The smallest absolute Gasteiger partial charge is 0.203 e. The van der Waals surface area contributed by atoms with E-state index < -0.39 is 0 Å². The van der Waals surface area contributed by atoms with E-state index >= 15 is 0 Å². The van der Waals surface area contributed by atoms with Crippen LogP contribution >= 0.6 is 11.6 Å². The Kier molecular flexibility index (Phi) is 3.12. The Morgan fingerprint density at radius 3 is 2.75 bits per heavy atom. The van der Waals surface area contributed by atoms with Crippen molar-refractivity contribution in [1.82, 2.24) is 9.97 Å². The summed E-state index contributed by atoms with van der Waals surface area (Å²) in [5.41, 5.74) is 4.42. The van der Waals surface area contributed by atoms with Gasteiger partial charge in [0.15, 0.2) is 0 Å². The molecule has 0 aliphatic carbocycles. The number of imidazole rings is 1. The third-order valence-corrected chi connectivity index (χ3v) is 5.64. The molecule has 0 radical (unpaired) electrons. The number of anilines is 1. The number of fused-ring (bicyclic) bond motifs is 3. The SMILES string of the molecule is Clc1cccc2[nH]c(N3CCC4(CC3)OCc3ccccc34)nc12. The minimum absolute atomic E-state index is 0.114. The van der Waals surface area contributed by atoms with Crippen LogP contribution in [0.25, 0.3) is 11.0 Å². The number of rotatable bonds is 1. The lowest BCUT2D eigenvalue weighted by Crippen LogP contribution is -2.43. The molecule has 1 fully saturated rings. The van der Waals surface area contributed by atoms with Crippen LogP contribution in [0.1, 0.15) is 24.0 Å². The molecule has 1 aromatic heterocycles. The van der Waals surface area contributed by atoms with Gasteiger partial charge in [-0.2, -0.15) is 0 Å². The summed E-state index contributed by atoms with van der Waals surface area (Å²) in [6, 6.07) is 14.4. The van der Waals surface area contributed by atoms with Crippen LogP contribution in [0, 0.1) is 0 Å². The largest absolute Gasteiger partial charge is 0.365 e. The molecule has 3 aromatic rings. The summed E-state index contributed by atoms with van der Waals surface area (Å²) in [5.74, 6) is 0.902. The topological polar surface area (TPSA) is 41.2 Å². The first-order valence-corrected chi connectivity index (χ1v) is 8.75. The van der Waals surface area contributed by atoms with Crippen LogP contribution in [-0.4, -0.2) is 23.1 Å². The summed E-state index contributed by atoms with van der Waals surface area (Å²) in [7, 11) is 0. The second-order valence-electron chi connectivity index (χ2n) is 6.62. The number of H-pyrrole nitrogens is 1. The highest BCUT2D eigenvalue weighted by Crippen LogP contribution is 2.44. The number of aromatic amines is 1. The van der Waals surface area contributed by atoms with Gasteiger partial charge in [0.05, 0.1) is 22.7 Å². The third kappa shape index (κ3) is 2.06. The van der Waals surface area contributed by atoms with E-state index in [1.54, 1.807) is 0 Å². The van der Waals surface area contributed by atoms with Crippen molar-refractivity contribution in [1.29, 1.82) is 0 Å². The maximum Gasteiger partial charge on any atom is 0.203 e. The van der Waals surface area contributed by atoms with E-state index in [4.69, 9.17) is 21.3 Å².